The van der Waals surface area contributed by atoms with Gasteiger partial charge in [0.15, 0.2) is 0 Å². The predicted octanol–water partition coefficient (Wildman–Crippen LogP) is 2.52. The van der Waals surface area contributed by atoms with Crippen LogP contribution in [0.15, 0.2) is 24.3 Å². The van der Waals surface area contributed by atoms with Gasteiger partial charge in [-0.2, -0.15) is 0 Å². The molecule has 16 heavy (non-hydrogen) atoms. The Balaban J connectivity index is 2.54. The molecule has 0 aromatic heterocycles. The Kier molecular flexibility index (Phi) is 4.62. The highest BCUT2D eigenvalue weighted by molar-refractivity contribution is 5.46. The number of benzene rings is 1. The number of aliphatic hydroxyl groups is 1. The highest BCUT2D eigenvalue weighted by atomic mass is 16.5. The second-order valence-electron chi connectivity index (χ2n) is 4.40. The van der Waals surface area contributed by atoms with Crippen molar-refractivity contribution in [3.05, 3.63) is 24.3 Å². The molecule has 0 aliphatic heterocycles. The van der Waals surface area contributed by atoms with E-state index in [0.717, 1.165) is 24.4 Å². The van der Waals surface area contributed by atoms with Gasteiger partial charge in [0.2, 0.25) is 0 Å². The van der Waals surface area contributed by atoms with E-state index in [9.17, 15) is 5.11 Å². The van der Waals surface area contributed by atoms with E-state index in [0.29, 0.717) is 0 Å². The Labute approximate surface area is 97.4 Å². The lowest BCUT2D eigenvalue weighted by Crippen LogP contribution is -2.29. The summed E-state index contributed by atoms with van der Waals surface area (Å²) in [7, 11) is 1.66. The van der Waals surface area contributed by atoms with Crippen molar-refractivity contribution in [2.45, 2.75) is 20.3 Å². The number of hydrogen-bond donors (Lipinski definition) is 2. The van der Waals surface area contributed by atoms with E-state index in [4.69, 9.17) is 4.74 Å². The molecule has 0 aliphatic rings. The molecule has 1 rings (SSSR count). The molecular weight excluding hydrogens is 202 g/mol. The van der Waals surface area contributed by atoms with Crippen LogP contribution in [0, 0.1) is 5.41 Å². The standard InChI is InChI=1S/C13H21NO2/c1-4-13(2,10-15)9-14-11-5-7-12(16-3)8-6-11/h5-8,14-15H,4,9-10H2,1-3H3. The van der Waals surface area contributed by atoms with Crippen LogP contribution in [0.1, 0.15) is 20.3 Å². The van der Waals surface area contributed by atoms with Crippen molar-refractivity contribution in [2.24, 2.45) is 5.41 Å². The smallest absolute Gasteiger partial charge is 0.119 e. The van der Waals surface area contributed by atoms with Gasteiger partial charge >= 0.3 is 0 Å². The maximum Gasteiger partial charge on any atom is 0.119 e. The molecule has 0 heterocycles. The van der Waals surface area contributed by atoms with E-state index in [1.807, 2.05) is 24.3 Å². The quantitative estimate of drug-likeness (QED) is 0.778. The Morgan fingerprint density at radius 2 is 1.94 bits per heavy atom. The van der Waals surface area contributed by atoms with Gasteiger partial charge in [-0.1, -0.05) is 13.8 Å². The molecule has 90 valence electrons. The number of rotatable bonds is 6. The van der Waals surface area contributed by atoms with E-state index in [-0.39, 0.29) is 12.0 Å². The summed E-state index contributed by atoms with van der Waals surface area (Å²) in [5.74, 6) is 0.853. The fourth-order valence-electron chi connectivity index (χ4n) is 1.32. The molecule has 3 heteroatoms. The number of hydrogen-bond acceptors (Lipinski definition) is 3. The number of anilines is 1. The Morgan fingerprint density at radius 3 is 2.38 bits per heavy atom. The zero-order chi connectivity index (χ0) is 12.0. The predicted molar refractivity (Wildman–Crippen MR) is 67.0 cm³/mol. The number of aliphatic hydroxyl groups excluding tert-OH is 1. The van der Waals surface area contributed by atoms with Gasteiger partial charge in [-0.05, 0) is 30.7 Å². The van der Waals surface area contributed by atoms with Crippen LogP contribution in [-0.2, 0) is 0 Å². The normalized spacial score (nSPS) is 14.2. The lowest BCUT2D eigenvalue weighted by molar-refractivity contribution is 0.149. The van der Waals surface area contributed by atoms with Crippen LogP contribution in [0.3, 0.4) is 0 Å². The van der Waals surface area contributed by atoms with E-state index < -0.39 is 0 Å². The fourth-order valence-corrected chi connectivity index (χ4v) is 1.32. The first-order valence-electron chi connectivity index (χ1n) is 5.62. The van der Waals surface area contributed by atoms with E-state index in [1.165, 1.54) is 0 Å². The lowest BCUT2D eigenvalue weighted by atomic mass is 9.88. The highest BCUT2D eigenvalue weighted by Crippen LogP contribution is 2.22. The summed E-state index contributed by atoms with van der Waals surface area (Å²) in [6, 6.07) is 7.80. The maximum absolute atomic E-state index is 9.29. The topological polar surface area (TPSA) is 41.5 Å². The third-order valence-electron chi connectivity index (χ3n) is 3.04. The second-order valence-corrected chi connectivity index (χ2v) is 4.40. The zero-order valence-electron chi connectivity index (χ0n) is 10.3. The van der Waals surface area contributed by atoms with Gasteiger partial charge in [0, 0.05) is 17.6 Å². The van der Waals surface area contributed by atoms with Gasteiger partial charge in [0.05, 0.1) is 13.7 Å². The maximum atomic E-state index is 9.29. The average molecular weight is 223 g/mol. The minimum Gasteiger partial charge on any atom is -0.497 e. The molecule has 1 aromatic rings. The first kappa shape index (κ1) is 12.8. The minimum absolute atomic E-state index is 0.0556. The molecule has 0 bridgehead atoms. The average Bonchev–Trinajstić information content (AvgIpc) is 2.36. The Bertz CT molecular complexity index is 304. The van der Waals surface area contributed by atoms with Crippen LogP contribution in [-0.4, -0.2) is 25.4 Å². The molecule has 0 radical (unpaired) electrons. The summed E-state index contributed by atoms with van der Waals surface area (Å²) in [5.41, 5.74) is 0.994. The van der Waals surface area contributed by atoms with E-state index >= 15 is 0 Å². The van der Waals surface area contributed by atoms with Crippen molar-refractivity contribution >= 4 is 5.69 Å². The third kappa shape index (κ3) is 3.42. The van der Waals surface area contributed by atoms with Gasteiger partial charge in [0.25, 0.3) is 0 Å². The molecular formula is C13H21NO2. The van der Waals surface area contributed by atoms with Crippen molar-refractivity contribution in [1.82, 2.24) is 0 Å². The Hall–Kier alpha value is -1.22. The molecule has 1 unspecified atom stereocenters. The van der Waals surface area contributed by atoms with Crippen LogP contribution < -0.4 is 10.1 Å². The van der Waals surface area contributed by atoms with E-state index in [1.54, 1.807) is 7.11 Å². The molecule has 3 nitrogen and oxygen atoms in total. The first-order chi connectivity index (χ1) is 7.63. The molecule has 0 saturated heterocycles. The fraction of sp³-hybridized carbons (Fsp3) is 0.538. The SMILES string of the molecule is CCC(C)(CO)CNc1ccc(OC)cc1. The Morgan fingerprint density at radius 1 is 1.31 bits per heavy atom. The molecule has 0 aliphatic carbocycles. The first-order valence-corrected chi connectivity index (χ1v) is 5.62. The molecule has 0 spiro atoms. The third-order valence-corrected chi connectivity index (χ3v) is 3.04. The van der Waals surface area contributed by atoms with Gasteiger partial charge < -0.3 is 15.2 Å². The summed E-state index contributed by atoms with van der Waals surface area (Å²) in [4.78, 5) is 0. The van der Waals surface area contributed by atoms with Crippen LogP contribution in [0.25, 0.3) is 0 Å². The molecule has 1 atom stereocenters. The van der Waals surface area contributed by atoms with Crippen LogP contribution in [0.2, 0.25) is 0 Å². The number of ether oxygens (including phenoxy) is 1. The van der Waals surface area contributed by atoms with Crippen molar-refractivity contribution in [2.75, 3.05) is 25.6 Å². The summed E-state index contributed by atoms with van der Waals surface area (Å²) in [6.45, 7) is 5.13. The molecule has 0 saturated carbocycles. The van der Waals surface area contributed by atoms with Crippen LogP contribution >= 0.6 is 0 Å². The molecule has 0 amide bonds. The van der Waals surface area contributed by atoms with Crippen molar-refractivity contribution in [1.29, 1.82) is 0 Å². The van der Waals surface area contributed by atoms with Gasteiger partial charge in [-0.25, -0.2) is 0 Å². The van der Waals surface area contributed by atoms with Gasteiger partial charge in [-0.15, -0.1) is 0 Å². The summed E-state index contributed by atoms with van der Waals surface area (Å²) < 4.78 is 5.09. The van der Waals surface area contributed by atoms with Crippen molar-refractivity contribution in [3.8, 4) is 5.75 Å². The number of methoxy groups -OCH3 is 1. The monoisotopic (exact) mass is 223 g/mol. The number of nitrogens with one attached hydrogen (secondary N) is 1. The van der Waals surface area contributed by atoms with E-state index in [2.05, 4.69) is 19.2 Å². The van der Waals surface area contributed by atoms with Crippen molar-refractivity contribution < 1.29 is 9.84 Å². The largest absolute Gasteiger partial charge is 0.497 e. The van der Waals surface area contributed by atoms with Gasteiger partial charge in [0.1, 0.15) is 5.75 Å². The minimum atomic E-state index is -0.0556. The van der Waals surface area contributed by atoms with Crippen LogP contribution in [0.4, 0.5) is 5.69 Å². The summed E-state index contributed by atoms with van der Waals surface area (Å²) in [5, 5.41) is 12.6. The van der Waals surface area contributed by atoms with Crippen molar-refractivity contribution in [3.63, 3.8) is 0 Å². The molecule has 0 fully saturated rings. The summed E-state index contributed by atoms with van der Waals surface area (Å²) in [6.07, 6.45) is 0.951. The zero-order valence-corrected chi connectivity index (χ0v) is 10.3. The van der Waals surface area contributed by atoms with Gasteiger partial charge in [-0.3, -0.25) is 0 Å². The lowest BCUT2D eigenvalue weighted by Gasteiger charge is -2.26. The summed E-state index contributed by atoms with van der Waals surface area (Å²) >= 11 is 0. The highest BCUT2D eigenvalue weighted by Gasteiger charge is 2.20. The second kappa shape index (κ2) is 5.75. The molecule has 2 N–H and O–H groups in total. The molecule has 1 aromatic carbocycles. The van der Waals surface area contributed by atoms with Crippen LogP contribution in [0.5, 0.6) is 5.75 Å².